The standard InChI is InChI=1S/C18H19ClO2/c19-17-11-5-9-15(13-17)12-16(18(20)21)10-4-8-14-6-2-1-3-7-14/h1-3,5-7,9,11,13,16H,4,8,10,12H2,(H,20,21). The Hall–Kier alpha value is -1.80. The van der Waals surface area contributed by atoms with E-state index in [1.807, 2.05) is 36.4 Å². The van der Waals surface area contributed by atoms with Crippen LogP contribution in [0.15, 0.2) is 54.6 Å². The van der Waals surface area contributed by atoms with Gasteiger partial charge in [-0.2, -0.15) is 0 Å². The number of rotatable bonds is 7. The second-order valence-electron chi connectivity index (χ2n) is 5.25. The summed E-state index contributed by atoms with van der Waals surface area (Å²) in [6, 6.07) is 17.6. The van der Waals surface area contributed by atoms with Crippen molar-refractivity contribution in [2.75, 3.05) is 0 Å². The van der Waals surface area contributed by atoms with E-state index in [-0.39, 0.29) is 5.92 Å². The van der Waals surface area contributed by atoms with Gasteiger partial charge < -0.3 is 5.11 Å². The molecule has 0 radical (unpaired) electrons. The van der Waals surface area contributed by atoms with Crippen molar-refractivity contribution in [3.8, 4) is 0 Å². The zero-order valence-electron chi connectivity index (χ0n) is 11.8. The molecule has 2 aromatic rings. The lowest BCUT2D eigenvalue weighted by Gasteiger charge is -2.12. The average molecular weight is 303 g/mol. The molecule has 1 atom stereocenters. The van der Waals surface area contributed by atoms with Crippen molar-refractivity contribution in [2.45, 2.75) is 25.7 Å². The highest BCUT2D eigenvalue weighted by Crippen LogP contribution is 2.19. The van der Waals surface area contributed by atoms with Gasteiger partial charge in [-0.3, -0.25) is 4.79 Å². The largest absolute Gasteiger partial charge is 0.481 e. The first kappa shape index (κ1) is 15.6. The quantitative estimate of drug-likeness (QED) is 0.811. The van der Waals surface area contributed by atoms with Crippen LogP contribution < -0.4 is 0 Å². The summed E-state index contributed by atoms with van der Waals surface area (Å²) in [6.45, 7) is 0. The molecular weight excluding hydrogens is 284 g/mol. The molecule has 110 valence electrons. The zero-order valence-corrected chi connectivity index (χ0v) is 12.6. The second-order valence-corrected chi connectivity index (χ2v) is 5.68. The molecule has 0 bridgehead atoms. The van der Waals surface area contributed by atoms with E-state index >= 15 is 0 Å². The van der Waals surface area contributed by atoms with Crippen molar-refractivity contribution in [3.05, 3.63) is 70.7 Å². The highest BCUT2D eigenvalue weighted by Gasteiger charge is 2.17. The summed E-state index contributed by atoms with van der Waals surface area (Å²) in [4.78, 5) is 11.4. The summed E-state index contributed by atoms with van der Waals surface area (Å²) in [6.07, 6.45) is 3.00. The Morgan fingerprint density at radius 2 is 1.76 bits per heavy atom. The zero-order chi connectivity index (χ0) is 15.1. The molecule has 2 nitrogen and oxygen atoms in total. The van der Waals surface area contributed by atoms with Gasteiger partial charge >= 0.3 is 5.97 Å². The normalized spacial score (nSPS) is 12.0. The lowest BCUT2D eigenvalue weighted by atomic mass is 9.93. The van der Waals surface area contributed by atoms with Gasteiger partial charge in [-0.15, -0.1) is 0 Å². The van der Waals surface area contributed by atoms with Gasteiger partial charge in [0.2, 0.25) is 0 Å². The summed E-state index contributed by atoms with van der Waals surface area (Å²) in [7, 11) is 0. The topological polar surface area (TPSA) is 37.3 Å². The first-order valence-corrected chi connectivity index (χ1v) is 7.54. The van der Waals surface area contributed by atoms with E-state index in [9.17, 15) is 9.90 Å². The van der Waals surface area contributed by atoms with Gasteiger partial charge in [0.05, 0.1) is 5.92 Å². The van der Waals surface area contributed by atoms with E-state index in [1.165, 1.54) is 5.56 Å². The number of aryl methyl sites for hydroxylation is 1. The summed E-state index contributed by atoms with van der Waals surface area (Å²) >= 11 is 5.94. The van der Waals surface area contributed by atoms with Crippen LogP contribution in [0.2, 0.25) is 5.02 Å². The Morgan fingerprint density at radius 1 is 1.05 bits per heavy atom. The van der Waals surface area contributed by atoms with Gasteiger partial charge in [0, 0.05) is 5.02 Å². The number of benzene rings is 2. The molecule has 1 N–H and O–H groups in total. The van der Waals surface area contributed by atoms with E-state index in [2.05, 4.69) is 12.1 Å². The molecule has 0 saturated heterocycles. The van der Waals surface area contributed by atoms with Crippen molar-refractivity contribution >= 4 is 17.6 Å². The Labute approximate surface area is 130 Å². The first-order chi connectivity index (χ1) is 10.1. The maximum absolute atomic E-state index is 11.4. The molecule has 0 saturated carbocycles. The van der Waals surface area contributed by atoms with Crippen LogP contribution in [-0.2, 0) is 17.6 Å². The minimum Gasteiger partial charge on any atom is -0.481 e. The third-order valence-corrected chi connectivity index (χ3v) is 3.82. The van der Waals surface area contributed by atoms with Crippen LogP contribution in [0.5, 0.6) is 0 Å². The fraction of sp³-hybridized carbons (Fsp3) is 0.278. The number of carbonyl (C=O) groups is 1. The molecule has 2 aromatic carbocycles. The molecule has 0 aliphatic rings. The SMILES string of the molecule is O=C(O)C(CCCc1ccccc1)Cc1cccc(Cl)c1. The Balaban J connectivity index is 1.89. The number of carboxylic acid groups (broad SMARTS) is 1. The van der Waals surface area contributed by atoms with E-state index in [0.29, 0.717) is 17.9 Å². The number of carboxylic acids is 1. The van der Waals surface area contributed by atoms with E-state index in [1.54, 1.807) is 6.07 Å². The van der Waals surface area contributed by atoms with Gasteiger partial charge in [0.1, 0.15) is 0 Å². The summed E-state index contributed by atoms with van der Waals surface area (Å²) < 4.78 is 0. The molecule has 0 heterocycles. The highest BCUT2D eigenvalue weighted by molar-refractivity contribution is 6.30. The molecule has 3 heteroatoms. The van der Waals surface area contributed by atoms with Crippen LogP contribution in [0.4, 0.5) is 0 Å². The fourth-order valence-electron chi connectivity index (χ4n) is 2.46. The molecule has 21 heavy (non-hydrogen) atoms. The predicted molar refractivity (Wildman–Crippen MR) is 85.7 cm³/mol. The van der Waals surface area contributed by atoms with Crippen LogP contribution in [-0.4, -0.2) is 11.1 Å². The maximum Gasteiger partial charge on any atom is 0.306 e. The summed E-state index contributed by atoms with van der Waals surface area (Å²) in [5.74, 6) is -1.09. The predicted octanol–water partition coefficient (Wildman–Crippen LogP) is 4.61. The van der Waals surface area contributed by atoms with E-state index in [0.717, 1.165) is 18.4 Å². The van der Waals surface area contributed by atoms with Crippen molar-refractivity contribution in [1.82, 2.24) is 0 Å². The minimum atomic E-state index is -0.733. The fourth-order valence-corrected chi connectivity index (χ4v) is 2.67. The van der Waals surface area contributed by atoms with Crippen molar-refractivity contribution < 1.29 is 9.90 Å². The summed E-state index contributed by atoms with van der Waals surface area (Å²) in [5.41, 5.74) is 2.24. The molecule has 0 amide bonds. The summed E-state index contributed by atoms with van der Waals surface area (Å²) in [5, 5.41) is 10.0. The molecule has 0 aliphatic carbocycles. The monoisotopic (exact) mass is 302 g/mol. The lowest BCUT2D eigenvalue weighted by Crippen LogP contribution is -2.16. The minimum absolute atomic E-state index is 0.354. The van der Waals surface area contributed by atoms with Crippen LogP contribution in [0, 0.1) is 5.92 Å². The second kappa shape index (κ2) is 7.84. The Bertz CT molecular complexity index is 581. The lowest BCUT2D eigenvalue weighted by molar-refractivity contribution is -0.141. The first-order valence-electron chi connectivity index (χ1n) is 7.16. The molecule has 0 fully saturated rings. The average Bonchev–Trinajstić information content (AvgIpc) is 2.47. The maximum atomic E-state index is 11.4. The van der Waals surface area contributed by atoms with Crippen LogP contribution in [0.3, 0.4) is 0 Å². The number of hydrogen-bond donors (Lipinski definition) is 1. The van der Waals surface area contributed by atoms with Gasteiger partial charge in [0.25, 0.3) is 0 Å². The van der Waals surface area contributed by atoms with Gasteiger partial charge in [-0.05, 0) is 48.9 Å². The highest BCUT2D eigenvalue weighted by atomic mass is 35.5. The van der Waals surface area contributed by atoms with Crippen molar-refractivity contribution in [2.24, 2.45) is 5.92 Å². The molecule has 1 unspecified atom stereocenters. The van der Waals surface area contributed by atoms with Gasteiger partial charge in [0.15, 0.2) is 0 Å². The molecule has 0 aliphatic heterocycles. The third-order valence-electron chi connectivity index (χ3n) is 3.58. The van der Waals surface area contributed by atoms with Crippen LogP contribution in [0.25, 0.3) is 0 Å². The van der Waals surface area contributed by atoms with E-state index < -0.39 is 5.97 Å². The molecule has 2 rings (SSSR count). The van der Waals surface area contributed by atoms with Crippen LogP contribution in [0.1, 0.15) is 24.0 Å². The number of aliphatic carboxylic acids is 1. The molecular formula is C18H19ClO2. The van der Waals surface area contributed by atoms with Gasteiger partial charge in [-0.25, -0.2) is 0 Å². The number of halogens is 1. The Kier molecular flexibility index (Phi) is 5.82. The van der Waals surface area contributed by atoms with Crippen LogP contribution >= 0.6 is 11.6 Å². The smallest absolute Gasteiger partial charge is 0.306 e. The van der Waals surface area contributed by atoms with Gasteiger partial charge in [-0.1, -0.05) is 54.1 Å². The van der Waals surface area contributed by atoms with Crippen molar-refractivity contribution in [1.29, 1.82) is 0 Å². The number of hydrogen-bond acceptors (Lipinski definition) is 1. The van der Waals surface area contributed by atoms with E-state index in [4.69, 9.17) is 11.6 Å². The van der Waals surface area contributed by atoms with Crippen molar-refractivity contribution in [3.63, 3.8) is 0 Å². The third kappa shape index (κ3) is 5.24. The Morgan fingerprint density at radius 3 is 2.43 bits per heavy atom. The molecule has 0 aromatic heterocycles. The molecule has 0 spiro atoms.